The van der Waals surface area contributed by atoms with Gasteiger partial charge in [0.05, 0.1) is 11.4 Å². The maximum atomic E-state index is 12.7. The molecule has 1 aromatic carbocycles. The Morgan fingerprint density at radius 3 is 2.50 bits per heavy atom. The Morgan fingerprint density at radius 1 is 1.17 bits per heavy atom. The van der Waals surface area contributed by atoms with Crippen LogP contribution in [0.1, 0.15) is 25.7 Å². The Morgan fingerprint density at radius 2 is 1.88 bits per heavy atom. The van der Waals surface area contributed by atoms with Crippen LogP contribution in [0, 0.1) is 5.92 Å². The van der Waals surface area contributed by atoms with E-state index in [-0.39, 0.29) is 11.9 Å². The van der Waals surface area contributed by atoms with E-state index in [0.717, 1.165) is 6.42 Å². The number of nitrogens with one attached hydrogen (secondary N) is 1. The highest BCUT2D eigenvalue weighted by Crippen LogP contribution is 2.30. The predicted molar refractivity (Wildman–Crippen MR) is 87.3 cm³/mol. The first-order valence-corrected chi connectivity index (χ1v) is 8.29. The molecule has 2 aliphatic rings. The first-order chi connectivity index (χ1) is 11.6. The lowest BCUT2D eigenvalue weighted by Crippen LogP contribution is -2.42. The first-order valence-electron chi connectivity index (χ1n) is 8.29. The first kappa shape index (κ1) is 16.7. The smallest absolute Gasteiger partial charge is 0.321 e. The molecule has 24 heavy (non-hydrogen) atoms. The van der Waals surface area contributed by atoms with E-state index in [1.54, 1.807) is 21.9 Å². The molecule has 2 heterocycles. The number of amides is 3. The fraction of sp³-hybridized carbons (Fsp3) is 0.529. The summed E-state index contributed by atoms with van der Waals surface area (Å²) >= 11 is 0. The number of piperidine rings is 1. The highest BCUT2D eigenvalue weighted by molar-refractivity contribution is 6.01. The number of nitrogens with zero attached hydrogens (tertiary/aromatic N) is 2. The van der Waals surface area contributed by atoms with Crippen molar-refractivity contribution in [2.75, 3.05) is 29.9 Å². The summed E-state index contributed by atoms with van der Waals surface area (Å²) < 4.78 is 25.4. The molecule has 1 aromatic rings. The summed E-state index contributed by atoms with van der Waals surface area (Å²) in [5, 5.41) is 2.83. The molecule has 0 aromatic heterocycles. The van der Waals surface area contributed by atoms with Crippen molar-refractivity contribution in [3.05, 3.63) is 24.3 Å². The van der Waals surface area contributed by atoms with Crippen molar-refractivity contribution < 1.29 is 18.4 Å². The molecule has 2 aliphatic heterocycles. The fourth-order valence-corrected chi connectivity index (χ4v) is 3.27. The minimum atomic E-state index is -2.32. The van der Waals surface area contributed by atoms with Crippen LogP contribution >= 0.6 is 0 Å². The van der Waals surface area contributed by atoms with Crippen LogP contribution < -0.4 is 10.2 Å². The van der Waals surface area contributed by atoms with Crippen LogP contribution in [-0.4, -0.2) is 42.9 Å². The van der Waals surface area contributed by atoms with Crippen molar-refractivity contribution in [2.45, 2.75) is 32.1 Å². The molecule has 0 atom stereocenters. The molecule has 0 bridgehead atoms. The van der Waals surface area contributed by atoms with Gasteiger partial charge in [0.2, 0.25) is 12.3 Å². The number of hydrogen-bond donors (Lipinski definition) is 1. The number of alkyl halides is 2. The number of para-hydroxylation sites is 2. The maximum absolute atomic E-state index is 12.7. The van der Waals surface area contributed by atoms with E-state index in [1.165, 1.54) is 0 Å². The number of hydrogen-bond acceptors (Lipinski definition) is 2. The molecule has 7 heteroatoms. The van der Waals surface area contributed by atoms with E-state index in [9.17, 15) is 18.4 Å². The van der Waals surface area contributed by atoms with Crippen LogP contribution in [0.5, 0.6) is 0 Å². The Labute approximate surface area is 139 Å². The van der Waals surface area contributed by atoms with Crippen LogP contribution in [0.25, 0.3) is 0 Å². The molecule has 2 saturated heterocycles. The molecule has 2 fully saturated rings. The Bertz CT molecular complexity index is 616. The van der Waals surface area contributed by atoms with Gasteiger partial charge in [-0.1, -0.05) is 12.1 Å². The summed E-state index contributed by atoms with van der Waals surface area (Å²) in [5.74, 6) is -0.571. The van der Waals surface area contributed by atoms with Crippen LogP contribution in [-0.2, 0) is 4.79 Å². The lowest BCUT2D eigenvalue weighted by atomic mass is 9.98. The fourth-order valence-electron chi connectivity index (χ4n) is 3.27. The van der Waals surface area contributed by atoms with Gasteiger partial charge >= 0.3 is 6.03 Å². The zero-order chi connectivity index (χ0) is 17.1. The Kier molecular flexibility index (Phi) is 4.97. The zero-order valence-corrected chi connectivity index (χ0v) is 13.4. The highest BCUT2D eigenvalue weighted by Gasteiger charge is 2.29. The molecule has 0 aliphatic carbocycles. The van der Waals surface area contributed by atoms with E-state index in [2.05, 4.69) is 5.32 Å². The molecule has 3 rings (SSSR count). The van der Waals surface area contributed by atoms with Crippen LogP contribution in [0.4, 0.5) is 25.0 Å². The number of rotatable bonds is 3. The molecule has 130 valence electrons. The van der Waals surface area contributed by atoms with Crippen molar-refractivity contribution >= 4 is 23.3 Å². The van der Waals surface area contributed by atoms with Gasteiger partial charge in [0, 0.05) is 32.0 Å². The number of benzene rings is 1. The van der Waals surface area contributed by atoms with E-state index in [4.69, 9.17) is 0 Å². The Balaban J connectivity index is 1.66. The average molecular weight is 337 g/mol. The third kappa shape index (κ3) is 3.49. The summed E-state index contributed by atoms with van der Waals surface area (Å²) in [6.07, 6.45) is -0.363. The monoisotopic (exact) mass is 337 g/mol. The summed E-state index contributed by atoms with van der Waals surface area (Å²) in [6.45, 7) is 1.29. The predicted octanol–water partition coefficient (Wildman–Crippen LogP) is 3.32. The van der Waals surface area contributed by atoms with Crippen LogP contribution in [0.15, 0.2) is 24.3 Å². The average Bonchev–Trinajstić information content (AvgIpc) is 3.01. The van der Waals surface area contributed by atoms with E-state index < -0.39 is 12.3 Å². The number of urea groups is 1. The van der Waals surface area contributed by atoms with Gasteiger partial charge in [-0.25, -0.2) is 13.6 Å². The van der Waals surface area contributed by atoms with Gasteiger partial charge in [0.1, 0.15) is 0 Å². The standard InChI is InChI=1S/C17H21F2N3O2/c18-16(19)12-7-10-21(11-8-12)17(24)20-13-4-1-2-5-14(13)22-9-3-6-15(22)23/h1-2,4-5,12,16H,3,6-11H2,(H,20,24). The molecule has 5 nitrogen and oxygen atoms in total. The third-order valence-corrected chi connectivity index (χ3v) is 4.69. The molecular formula is C17H21F2N3O2. The lowest BCUT2D eigenvalue weighted by molar-refractivity contribution is -0.117. The number of anilines is 2. The second-order valence-corrected chi connectivity index (χ2v) is 6.26. The van der Waals surface area contributed by atoms with Gasteiger partial charge in [0.15, 0.2) is 0 Å². The van der Waals surface area contributed by atoms with Gasteiger partial charge in [0.25, 0.3) is 0 Å². The number of carbonyl (C=O) groups is 2. The second-order valence-electron chi connectivity index (χ2n) is 6.26. The summed E-state index contributed by atoms with van der Waals surface area (Å²) in [4.78, 5) is 27.6. The quantitative estimate of drug-likeness (QED) is 0.920. The SMILES string of the molecule is O=C(Nc1ccccc1N1CCCC1=O)N1CCC(C(F)F)CC1. The van der Waals surface area contributed by atoms with Gasteiger partial charge in [-0.3, -0.25) is 4.79 Å². The van der Waals surface area contributed by atoms with Crippen LogP contribution in [0.3, 0.4) is 0 Å². The van der Waals surface area contributed by atoms with Gasteiger partial charge in [-0.2, -0.15) is 0 Å². The van der Waals surface area contributed by atoms with Crippen molar-refractivity contribution in [2.24, 2.45) is 5.92 Å². The molecule has 0 saturated carbocycles. The summed E-state index contributed by atoms with van der Waals surface area (Å²) in [6, 6.07) is 6.88. The summed E-state index contributed by atoms with van der Waals surface area (Å²) in [7, 11) is 0. The van der Waals surface area contributed by atoms with Crippen molar-refractivity contribution in [3.8, 4) is 0 Å². The van der Waals surface area contributed by atoms with Crippen molar-refractivity contribution in [1.29, 1.82) is 0 Å². The number of carbonyl (C=O) groups excluding carboxylic acids is 2. The van der Waals surface area contributed by atoms with Crippen molar-refractivity contribution in [1.82, 2.24) is 4.90 Å². The molecule has 3 amide bonds. The molecule has 0 spiro atoms. The minimum Gasteiger partial charge on any atom is -0.325 e. The highest BCUT2D eigenvalue weighted by atomic mass is 19.3. The largest absolute Gasteiger partial charge is 0.325 e. The Hall–Kier alpha value is -2.18. The third-order valence-electron chi connectivity index (χ3n) is 4.69. The second kappa shape index (κ2) is 7.15. The van der Waals surface area contributed by atoms with E-state index in [1.807, 2.05) is 12.1 Å². The number of likely N-dealkylation sites (tertiary alicyclic amines) is 1. The number of halogens is 2. The maximum Gasteiger partial charge on any atom is 0.321 e. The molecule has 0 radical (unpaired) electrons. The molecule has 1 N–H and O–H groups in total. The van der Waals surface area contributed by atoms with Crippen molar-refractivity contribution in [3.63, 3.8) is 0 Å². The van der Waals surface area contributed by atoms with Gasteiger partial charge < -0.3 is 15.1 Å². The summed E-state index contributed by atoms with van der Waals surface area (Å²) in [5.41, 5.74) is 1.27. The van der Waals surface area contributed by atoms with E-state index >= 15 is 0 Å². The molecular weight excluding hydrogens is 316 g/mol. The topological polar surface area (TPSA) is 52.7 Å². The van der Waals surface area contributed by atoms with Gasteiger partial charge in [-0.05, 0) is 31.4 Å². The zero-order valence-electron chi connectivity index (χ0n) is 13.4. The lowest BCUT2D eigenvalue weighted by Gasteiger charge is -2.32. The molecule has 0 unspecified atom stereocenters. The minimum absolute atomic E-state index is 0.0504. The van der Waals surface area contributed by atoms with Crippen LogP contribution in [0.2, 0.25) is 0 Å². The normalized spacial score (nSPS) is 19.2. The van der Waals surface area contributed by atoms with Gasteiger partial charge in [-0.15, -0.1) is 0 Å². The van der Waals surface area contributed by atoms with E-state index in [0.29, 0.717) is 50.3 Å².